The summed E-state index contributed by atoms with van der Waals surface area (Å²) < 4.78 is 2.21. The number of nitrogens with zero attached hydrogens (tertiary/aromatic N) is 3. The molecule has 4 atom stereocenters. The second-order valence-electron chi connectivity index (χ2n) is 10.5. The molecular formula is C28H24Cl2N4O3S. The Kier molecular flexibility index (Phi) is 5.78. The maximum Gasteiger partial charge on any atom is 0.335 e. The Balaban J connectivity index is 1.34. The maximum atomic E-state index is 14.0. The number of benzene rings is 2. The Morgan fingerprint density at radius 1 is 1.08 bits per heavy atom. The van der Waals surface area contributed by atoms with Gasteiger partial charge >= 0.3 is 5.97 Å². The average molecular weight is 567 g/mol. The first-order valence-electron chi connectivity index (χ1n) is 12.7. The van der Waals surface area contributed by atoms with E-state index in [1.54, 1.807) is 35.6 Å². The molecule has 7 nitrogen and oxygen atoms in total. The zero-order valence-electron chi connectivity index (χ0n) is 20.2. The zero-order valence-corrected chi connectivity index (χ0v) is 22.5. The standard InChI is InChI=1S/C28H24Cl2N4O3S/c29-16-2-1-3-18(9-16)31-27(35)25-24(22-10-17(30)13-38-22)23-21(33(25)11-14-4-5-14)12-34-20-7-6-15(28(36)37)8-19(20)32-26(23)34/h1-3,6-10,13-14,21,23-25H,4-5,11-12H2,(H,31,35)(H,36,37)/t21-,23+,24?,25?/m0/s1. The highest BCUT2D eigenvalue weighted by atomic mass is 35.5. The summed E-state index contributed by atoms with van der Waals surface area (Å²) in [7, 11) is 0. The molecule has 1 saturated carbocycles. The summed E-state index contributed by atoms with van der Waals surface area (Å²) in [5.74, 6) is 0.282. The van der Waals surface area contributed by atoms with Crippen molar-refractivity contribution in [3.63, 3.8) is 0 Å². The molecule has 4 aromatic rings. The summed E-state index contributed by atoms with van der Waals surface area (Å²) in [5.41, 5.74) is 2.48. The number of fused-ring (bicyclic) bond motifs is 5. The van der Waals surface area contributed by atoms with Crippen LogP contribution in [0.1, 0.15) is 45.7 Å². The van der Waals surface area contributed by atoms with Crippen molar-refractivity contribution in [2.24, 2.45) is 5.92 Å². The van der Waals surface area contributed by atoms with Crippen molar-refractivity contribution in [3.8, 4) is 0 Å². The largest absolute Gasteiger partial charge is 0.478 e. The van der Waals surface area contributed by atoms with Crippen molar-refractivity contribution in [1.82, 2.24) is 14.5 Å². The fourth-order valence-electron chi connectivity index (χ4n) is 6.30. The number of nitrogens with one attached hydrogen (secondary N) is 1. The summed E-state index contributed by atoms with van der Waals surface area (Å²) in [4.78, 5) is 34.1. The number of hydrogen-bond acceptors (Lipinski definition) is 5. The fraction of sp³-hybridized carbons (Fsp3) is 0.321. The van der Waals surface area contributed by atoms with Crippen molar-refractivity contribution in [2.75, 3.05) is 11.9 Å². The van der Waals surface area contributed by atoms with Gasteiger partial charge in [0.25, 0.3) is 0 Å². The maximum absolute atomic E-state index is 14.0. The predicted octanol–water partition coefficient (Wildman–Crippen LogP) is 6.09. The van der Waals surface area contributed by atoms with Gasteiger partial charge in [-0.15, -0.1) is 11.3 Å². The van der Waals surface area contributed by atoms with Crippen LogP contribution in [-0.2, 0) is 11.3 Å². The number of anilines is 1. The molecule has 0 radical (unpaired) electrons. The van der Waals surface area contributed by atoms with E-state index >= 15 is 0 Å². The van der Waals surface area contributed by atoms with Crippen molar-refractivity contribution >= 4 is 63.1 Å². The molecule has 1 aliphatic carbocycles. The third kappa shape index (κ3) is 4.02. The van der Waals surface area contributed by atoms with E-state index in [2.05, 4.69) is 14.8 Å². The van der Waals surface area contributed by atoms with Gasteiger partial charge in [-0.1, -0.05) is 29.3 Å². The number of carbonyl (C=O) groups is 2. The summed E-state index contributed by atoms with van der Waals surface area (Å²) in [6.07, 6.45) is 2.36. The van der Waals surface area contributed by atoms with Gasteiger partial charge in [0, 0.05) is 51.9 Å². The van der Waals surface area contributed by atoms with Gasteiger partial charge in [-0.05, 0) is 61.2 Å². The lowest BCUT2D eigenvalue weighted by Gasteiger charge is -2.30. The van der Waals surface area contributed by atoms with Crippen LogP contribution in [0, 0.1) is 5.92 Å². The molecule has 2 aromatic carbocycles. The minimum absolute atomic E-state index is 0.0285. The van der Waals surface area contributed by atoms with E-state index in [4.69, 9.17) is 28.2 Å². The van der Waals surface area contributed by atoms with Gasteiger partial charge < -0.3 is 15.0 Å². The van der Waals surface area contributed by atoms with E-state index in [1.807, 2.05) is 29.6 Å². The molecule has 7 rings (SSSR count). The minimum Gasteiger partial charge on any atom is -0.478 e. The molecule has 0 spiro atoms. The van der Waals surface area contributed by atoms with Crippen molar-refractivity contribution in [2.45, 2.75) is 43.3 Å². The first-order valence-corrected chi connectivity index (χ1v) is 14.3. The molecule has 3 aliphatic rings. The van der Waals surface area contributed by atoms with E-state index in [-0.39, 0.29) is 29.3 Å². The first-order chi connectivity index (χ1) is 18.4. The van der Waals surface area contributed by atoms with Crippen molar-refractivity contribution < 1.29 is 14.7 Å². The van der Waals surface area contributed by atoms with Crippen LogP contribution < -0.4 is 5.32 Å². The number of likely N-dealkylation sites (tertiary alicyclic amines) is 1. The Morgan fingerprint density at radius 3 is 2.63 bits per heavy atom. The molecule has 38 heavy (non-hydrogen) atoms. The van der Waals surface area contributed by atoms with Crippen LogP contribution in [0.5, 0.6) is 0 Å². The molecule has 2 unspecified atom stereocenters. The second-order valence-corrected chi connectivity index (χ2v) is 12.3. The molecule has 2 aromatic heterocycles. The number of carboxylic acid groups (broad SMARTS) is 1. The number of imidazole rings is 1. The summed E-state index contributed by atoms with van der Waals surface area (Å²) >= 11 is 14.2. The molecule has 2 N–H and O–H groups in total. The van der Waals surface area contributed by atoms with Crippen LogP contribution in [0.25, 0.3) is 11.0 Å². The van der Waals surface area contributed by atoms with E-state index < -0.39 is 12.0 Å². The molecule has 194 valence electrons. The van der Waals surface area contributed by atoms with Crippen LogP contribution in [-0.4, -0.2) is 50.1 Å². The molecule has 0 bridgehead atoms. The van der Waals surface area contributed by atoms with E-state index in [0.29, 0.717) is 33.7 Å². The molecule has 10 heteroatoms. The lowest BCUT2D eigenvalue weighted by Crippen LogP contribution is -2.46. The summed E-state index contributed by atoms with van der Waals surface area (Å²) in [6, 6.07) is 14.0. The number of aromatic carboxylic acids is 1. The van der Waals surface area contributed by atoms with Crippen LogP contribution in [0.2, 0.25) is 10.0 Å². The average Bonchev–Trinajstić information content (AvgIpc) is 3.18. The van der Waals surface area contributed by atoms with Crippen LogP contribution >= 0.6 is 34.5 Å². The van der Waals surface area contributed by atoms with Crippen LogP contribution in [0.3, 0.4) is 0 Å². The lowest BCUT2D eigenvalue weighted by molar-refractivity contribution is -0.121. The third-order valence-corrected chi connectivity index (χ3v) is 9.68. The molecule has 2 aliphatic heterocycles. The Labute approximate surface area is 233 Å². The van der Waals surface area contributed by atoms with Gasteiger partial charge in [0.15, 0.2) is 0 Å². The van der Waals surface area contributed by atoms with Gasteiger partial charge in [0.05, 0.1) is 27.7 Å². The van der Waals surface area contributed by atoms with E-state index in [1.165, 1.54) is 12.8 Å². The van der Waals surface area contributed by atoms with Gasteiger partial charge in [-0.3, -0.25) is 9.69 Å². The Hall–Kier alpha value is -2.91. The topological polar surface area (TPSA) is 87.5 Å². The Bertz CT molecular complexity index is 1600. The number of rotatable bonds is 6. The predicted molar refractivity (Wildman–Crippen MR) is 149 cm³/mol. The SMILES string of the molecule is O=C(O)c1ccc2c(c1)nc1n2C[C@H]2[C@@H]1C(c1cc(Cl)cs1)C(C(=O)Nc1cccc(Cl)c1)N2CC1CC1. The monoisotopic (exact) mass is 566 g/mol. The summed E-state index contributed by atoms with van der Waals surface area (Å²) in [6.45, 7) is 1.56. The van der Waals surface area contributed by atoms with Gasteiger partial charge in [-0.25, -0.2) is 9.78 Å². The number of amides is 1. The first kappa shape index (κ1) is 24.2. The molecule has 4 heterocycles. The molecule has 2 fully saturated rings. The Morgan fingerprint density at radius 2 is 1.92 bits per heavy atom. The summed E-state index contributed by atoms with van der Waals surface area (Å²) in [5, 5.41) is 15.8. The quantitative estimate of drug-likeness (QED) is 0.295. The van der Waals surface area contributed by atoms with Gasteiger partial charge in [0.1, 0.15) is 5.82 Å². The van der Waals surface area contributed by atoms with Crippen molar-refractivity contribution in [3.05, 3.63) is 80.2 Å². The number of thiophene rings is 1. The number of aromatic nitrogens is 2. The highest BCUT2D eigenvalue weighted by Crippen LogP contribution is 2.54. The van der Waals surface area contributed by atoms with Gasteiger partial charge in [-0.2, -0.15) is 0 Å². The van der Waals surface area contributed by atoms with E-state index in [0.717, 1.165) is 22.8 Å². The molecular weight excluding hydrogens is 543 g/mol. The second kappa shape index (κ2) is 9.09. The number of halogens is 2. The van der Waals surface area contributed by atoms with Crippen LogP contribution in [0.4, 0.5) is 5.69 Å². The van der Waals surface area contributed by atoms with Gasteiger partial charge in [0.2, 0.25) is 5.91 Å². The van der Waals surface area contributed by atoms with Crippen LogP contribution in [0.15, 0.2) is 53.9 Å². The number of hydrogen-bond donors (Lipinski definition) is 2. The number of carbonyl (C=O) groups excluding carboxylic acids is 1. The molecule has 1 amide bonds. The highest BCUT2D eigenvalue weighted by Gasteiger charge is 2.58. The smallest absolute Gasteiger partial charge is 0.335 e. The highest BCUT2D eigenvalue weighted by molar-refractivity contribution is 7.10. The molecule has 1 saturated heterocycles. The number of carboxylic acids is 1. The fourth-order valence-corrected chi connectivity index (χ4v) is 7.75. The van der Waals surface area contributed by atoms with Crippen molar-refractivity contribution in [1.29, 1.82) is 0 Å². The minimum atomic E-state index is -0.974. The van der Waals surface area contributed by atoms with E-state index in [9.17, 15) is 14.7 Å². The zero-order chi connectivity index (χ0) is 26.1. The third-order valence-electron chi connectivity index (χ3n) is 8.06. The normalized spacial score (nSPS) is 24.5. The lowest BCUT2D eigenvalue weighted by atomic mass is 9.86.